The summed E-state index contributed by atoms with van der Waals surface area (Å²) in [6.45, 7) is 0. The lowest BCUT2D eigenvalue weighted by Gasteiger charge is -2.07. The van der Waals surface area contributed by atoms with Crippen LogP contribution in [0.4, 0.5) is 0 Å². The van der Waals surface area contributed by atoms with Crippen molar-refractivity contribution in [2.45, 2.75) is 18.4 Å². The Labute approximate surface area is 88.3 Å². The van der Waals surface area contributed by atoms with Crippen molar-refractivity contribution in [3.8, 4) is 5.75 Å². The summed E-state index contributed by atoms with van der Waals surface area (Å²) in [5.41, 5.74) is 6.88. The first-order chi connectivity index (χ1) is 7.27. The Kier molecular flexibility index (Phi) is 1.73. The molecule has 1 fully saturated rings. The molecule has 0 saturated heterocycles. The Hall–Kier alpha value is -1.54. The van der Waals surface area contributed by atoms with Crippen LogP contribution < -0.4 is 5.73 Å². The molecule has 15 heavy (non-hydrogen) atoms. The number of rotatable bonds is 1. The second-order valence-electron chi connectivity index (χ2n) is 4.23. The van der Waals surface area contributed by atoms with Crippen molar-refractivity contribution in [3.63, 3.8) is 0 Å². The molecule has 3 N–H and O–H groups in total. The lowest BCUT2D eigenvalue weighted by molar-refractivity contribution is 0.469. The van der Waals surface area contributed by atoms with Gasteiger partial charge in [-0.25, -0.2) is 0 Å². The molecule has 3 rings (SSSR count). The van der Waals surface area contributed by atoms with E-state index >= 15 is 0 Å². The lowest BCUT2D eigenvalue weighted by Crippen LogP contribution is -2.01. The fourth-order valence-corrected chi connectivity index (χ4v) is 2.22. The van der Waals surface area contributed by atoms with E-state index in [1.165, 1.54) is 5.39 Å². The third-order valence-corrected chi connectivity index (χ3v) is 3.16. The Bertz CT molecular complexity index is 521. The fourth-order valence-electron chi connectivity index (χ4n) is 2.22. The molecule has 0 heterocycles. The minimum absolute atomic E-state index is 0.224. The predicted octanol–water partition coefficient (Wildman–Crippen LogP) is 2.36. The van der Waals surface area contributed by atoms with Gasteiger partial charge in [-0.2, -0.15) is 0 Å². The maximum Gasteiger partial charge on any atom is 0.119 e. The van der Waals surface area contributed by atoms with Gasteiger partial charge in [-0.15, -0.1) is 0 Å². The number of benzene rings is 2. The zero-order valence-electron chi connectivity index (χ0n) is 8.35. The third kappa shape index (κ3) is 1.29. The molecule has 2 nitrogen and oxygen atoms in total. The van der Waals surface area contributed by atoms with Crippen molar-refractivity contribution >= 4 is 10.8 Å². The first-order valence-electron chi connectivity index (χ1n) is 5.23. The summed E-state index contributed by atoms with van der Waals surface area (Å²) < 4.78 is 0. The van der Waals surface area contributed by atoms with Crippen LogP contribution in [-0.2, 0) is 0 Å². The van der Waals surface area contributed by atoms with Crippen LogP contribution >= 0.6 is 0 Å². The Balaban J connectivity index is 2.29. The van der Waals surface area contributed by atoms with Gasteiger partial charge in [0.1, 0.15) is 5.75 Å². The van der Waals surface area contributed by atoms with Crippen molar-refractivity contribution < 1.29 is 5.11 Å². The van der Waals surface area contributed by atoms with Gasteiger partial charge in [0.05, 0.1) is 0 Å². The van der Waals surface area contributed by atoms with Gasteiger partial charge in [0, 0.05) is 17.5 Å². The molecular weight excluding hydrogens is 186 g/mol. The van der Waals surface area contributed by atoms with Gasteiger partial charge in [-0.05, 0) is 23.3 Å². The molecule has 0 spiro atoms. The lowest BCUT2D eigenvalue weighted by atomic mass is 10.00. The summed E-state index contributed by atoms with van der Waals surface area (Å²) in [7, 11) is 0. The van der Waals surface area contributed by atoms with Gasteiger partial charge >= 0.3 is 0 Å². The van der Waals surface area contributed by atoms with Crippen LogP contribution in [0.1, 0.15) is 17.9 Å². The quantitative estimate of drug-likeness (QED) is 0.740. The zero-order chi connectivity index (χ0) is 10.4. The summed E-state index contributed by atoms with van der Waals surface area (Å²) in [4.78, 5) is 0. The van der Waals surface area contributed by atoms with Crippen LogP contribution in [0.3, 0.4) is 0 Å². The van der Waals surface area contributed by atoms with Crippen molar-refractivity contribution in [2.24, 2.45) is 5.73 Å². The molecule has 2 heteroatoms. The molecule has 76 valence electrons. The van der Waals surface area contributed by atoms with Crippen LogP contribution in [0.5, 0.6) is 5.75 Å². The number of aromatic hydroxyl groups is 1. The molecule has 2 aromatic carbocycles. The van der Waals surface area contributed by atoms with Crippen molar-refractivity contribution in [1.29, 1.82) is 0 Å². The highest BCUT2D eigenvalue weighted by Gasteiger charge is 2.37. The topological polar surface area (TPSA) is 46.2 Å². The SMILES string of the molecule is N[C@@H]1C[C@H]1c1c(O)ccc2ccccc12. The van der Waals surface area contributed by atoms with Crippen molar-refractivity contribution in [2.75, 3.05) is 0 Å². The molecule has 0 bridgehead atoms. The average Bonchev–Trinajstić information content (AvgIpc) is 2.95. The fraction of sp³-hybridized carbons (Fsp3) is 0.231. The van der Waals surface area contributed by atoms with E-state index in [4.69, 9.17) is 5.73 Å². The highest BCUT2D eigenvalue weighted by Crippen LogP contribution is 2.46. The number of hydrogen-bond donors (Lipinski definition) is 2. The van der Waals surface area contributed by atoms with E-state index in [-0.39, 0.29) is 6.04 Å². The zero-order valence-corrected chi connectivity index (χ0v) is 8.35. The normalized spacial score (nSPS) is 24.3. The molecule has 2 aromatic rings. The van der Waals surface area contributed by atoms with E-state index in [2.05, 4.69) is 12.1 Å². The maximum atomic E-state index is 9.88. The summed E-state index contributed by atoms with van der Waals surface area (Å²) in [6, 6.07) is 12.1. The van der Waals surface area contributed by atoms with E-state index in [1.807, 2.05) is 18.2 Å². The Morgan fingerprint density at radius 1 is 1.13 bits per heavy atom. The number of nitrogens with two attached hydrogens (primary N) is 1. The van der Waals surface area contributed by atoms with Crippen LogP contribution in [0.15, 0.2) is 36.4 Å². The largest absolute Gasteiger partial charge is 0.508 e. The van der Waals surface area contributed by atoms with Crippen molar-refractivity contribution in [1.82, 2.24) is 0 Å². The van der Waals surface area contributed by atoms with E-state index in [0.717, 1.165) is 17.4 Å². The summed E-state index contributed by atoms with van der Waals surface area (Å²) in [5, 5.41) is 12.2. The van der Waals surface area contributed by atoms with E-state index in [1.54, 1.807) is 6.07 Å². The standard InChI is InChI=1S/C13H13NO/c14-11-7-10(11)13-9-4-2-1-3-8(9)5-6-12(13)15/h1-6,10-11,15H,7,14H2/t10-,11-/m1/s1. The predicted molar refractivity (Wildman–Crippen MR) is 60.9 cm³/mol. The molecule has 0 amide bonds. The van der Waals surface area contributed by atoms with Crippen LogP contribution in [0.25, 0.3) is 10.8 Å². The van der Waals surface area contributed by atoms with E-state index in [0.29, 0.717) is 11.7 Å². The maximum absolute atomic E-state index is 9.88. The summed E-state index contributed by atoms with van der Waals surface area (Å²) in [6.07, 6.45) is 0.988. The number of phenolic OH excluding ortho intramolecular Hbond substituents is 1. The molecule has 0 aromatic heterocycles. The molecule has 1 aliphatic carbocycles. The molecule has 0 radical (unpaired) electrons. The Morgan fingerprint density at radius 2 is 1.87 bits per heavy atom. The van der Waals surface area contributed by atoms with Gasteiger partial charge in [-0.1, -0.05) is 30.3 Å². The minimum Gasteiger partial charge on any atom is -0.508 e. The summed E-state index contributed by atoms with van der Waals surface area (Å²) >= 11 is 0. The second kappa shape index (κ2) is 2.97. The Morgan fingerprint density at radius 3 is 2.60 bits per heavy atom. The highest BCUT2D eigenvalue weighted by molar-refractivity contribution is 5.88. The van der Waals surface area contributed by atoms with Gasteiger partial charge in [-0.3, -0.25) is 0 Å². The molecule has 2 atom stereocenters. The van der Waals surface area contributed by atoms with E-state index < -0.39 is 0 Å². The van der Waals surface area contributed by atoms with Gasteiger partial charge in [0.15, 0.2) is 0 Å². The molecule has 0 unspecified atom stereocenters. The summed E-state index contributed by atoms with van der Waals surface area (Å²) in [5.74, 6) is 0.725. The minimum atomic E-state index is 0.224. The van der Waals surface area contributed by atoms with Crippen LogP contribution in [0.2, 0.25) is 0 Å². The first kappa shape index (κ1) is 8.74. The number of hydrogen-bond acceptors (Lipinski definition) is 2. The van der Waals surface area contributed by atoms with E-state index in [9.17, 15) is 5.11 Å². The average molecular weight is 199 g/mol. The monoisotopic (exact) mass is 199 g/mol. The molecule has 0 aliphatic heterocycles. The van der Waals surface area contributed by atoms with Gasteiger partial charge in [0.25, 0.3) is 0 Å². The van der Waals surface area contributed by atoms with Gasteiger partial charge < -0.3 is 10.8 Å². The first-order valence-corrected chi connectivity index (χ1v) is 5.23. The van der Waals surface area contributed by atoms with Gasteiger partial charge in [0.2, 0.25) is 0 Å². The number of fused-ring (bicyclic) bond motifs is 1. The second-order valence-corrected chi connectivity index (χ2v) is 4.23. The smallest absolute Gasteiger partial charge is 0.119 e. The number of phenols is 1. The van der Waals surface area contributed by atoms with Crippen LogP contribution in [-0.4, -0.2) is 11.1 Å². The highest BCUT2D eigenvalue weighted by atomic mass is 16.3. The third-order valence-electron chi connectivity index (χ3n) is 3.16. The van der Waals surface area contributed by atoms with Crippen LogP contribution in [0, 0.1) is 0 Å². The molecular formula is C13H13NO. The van der Waals surface area contributed by atoms with Crippen molar-refractivity contribution in [3.05, 3.63) is 42.0 Å². The molecule has 1 saturated carbocycles. The molecule has 1 aliphatic rings.